The summed E-state index contributed by atoms with van der Waals surface area (Å²) in [6.07, 6.45) is 6.33. The van der Waals surface area contributed by atoms with Gasteiger partial charge in [0, 0.05) is 91.1 Å². The molecule has 0 saturated carbocycles. The van der Waals surface area contributed by atoms with Crippen LogP contribution < -0.4 is 59.7 Å². The molecule has 1 aliphatic rings. The van der Waals surface area contributed by atoms with E-state index in [4.69, 9.17) is 17.2 Å². The number of fused-ring (bicyclic) bond motifs is 1. The molecule has 25 nitrogen and oxygen atoms in total. The lowest BCUT2D eigenvalue weighted by Crippen LogP contribution is -2.60. The molecule has 7 atom stereocenters. The van der Waals surface area contributed by atoms with E-state index < -0.39 is 113 Å². The minimum absolute atomic E-state index is 0.0392. The van der Waals surface area contributed by atoms with Crippen LogP contribution in [0.25, 0.3) is 10.9 Å². The van der Waals surface area contributed by atoms with Gasteiger partial charge in [0.15, 0.2) is 5.96 Å². The number of hydrogen-bond acceptors (Lipinski definition) is 12. The molecule has 16 N–H and O–H groups in total. The summed E-state index contributed by atoms with van der Waals surface area (Å²) >= 11 is 0. The smallest absolute Gasteiger partial charge is 0.243 e. The number of H-pyrrole nitrogens is 2. The average molecular weight is 1060 g/mol. The Morgan fingerprint density at radius 1 is 0.773 bits per heavy atom. The summed E-state index contributed by atoms with van der Waals surface area (Å²) in [6.45, 7) is 3.47. The molecule has 3 heterocycles. The van der Waals surface area contributed by atoms with Crippen LogP contribution in [-0.4, -0.2) is 146 Å². The molecule has 1 aliphatic heterocycles. The fourth-order valence-corrected chi connectivity index (χ4v) is 8.24. The van der Waals surface area contributed by atoms with Crippen LogP contribution in [0.1, 0.15) is 69.2 Å². The van der Waals surface area contributed by atoms with Crippen molar-refractivity contribution in [2.75, 3.05) is 31.6 Å². The molecule has 2 aromatic carbocycles. The van der Waals surface area contributed by atoms with Crippen LogP contribution in [0.5, 0.6) is 0 Å². The second-order valence-electron chi connectivity index (χ2n) is 17.7. The molecule has 0 spiro atoms. The number of nitrogens with one attached hydrogen (secondary N) is 10. The van der Waals surface area contributed by atoms with Gasteiger partial charge in [-0.1, -0.05) is 55.5 Å². The number of amides is 9. The van der Waals surface area contributed by atoms with Gasteiger partial charge in [0.2, 0.25) is 53.2 Å². The number of rotatable bonds is 15. The van der Waals surface area contributed by atoms with Crippen molar-refractivity contribution in [2.24, 2.45) is 22.2 Å². The highest BCUT2D eigenvalue weighted by Crippen LogP contribution is 2.20. The van der Waals surface area contributed by atoms with Gasteiger partial charge in [-0.25, -0.2) is 4.98 Å². The molecule has 1 fully saturated rings. The van der Waals surface area contributed by atoms with E-state index >= 15 is 0 Å². The molecule has 75 heavy (non-hydrogen) atoms. The number of benzene rings is 2. The third-order valence-corrected chi connectivity index (χ3v) is 12.4. The Bertz CT molecular complexity index is 2620. The summed E-state index contributed by atoms with van der Waals surface area (Å²) in [5.41, 5.74) is 18.2. The normalized spacial score (nSPS) is 20.9. The number of aromatic amines is 2. The summed E-state index contributed by atoms with van der Waals surface area (Å²) in [7, 11) is -1.44. The summed E-state index contributed by atoms with van der Waals surface area (Å²) in [4.78, 5) is 136. The first-order valence-electron chi connectivity index (χ1n) is 24.4. The zero-order valence-corrected chi connectivity index (χ0v) is 43.0. The molecule has 2 aromatic heterocycles. The second kappa shape index (κ2) is 30.8. The quantitative estimate of drug-likeness (QED) is 0.0436. The minimum Gasteiger partial charge on any atom is -0.370 e. The number of carbonyl (C=O) groups is 9. The van der Waals surface area contributed by atoms with E-state index in [0.717, 1.165) is 23.9 Å². The topological polar surface area (TPSA) is 402 Å². The predicted octanol–water partition coefficient (Wildman–Crippen LogP) is -2.42. The van der Waals surface area contributed by atoms with Crippen molar-refractivity contribution in [1.82, 2.24) is 57.5 Å². The van der Waals surface area contributed by atoms with Gasteiger partial charge in [0.05, 0.1) is 19.3 Å². The maximum absolute atomic E-state index is 14.5. The van der Waals surface area contributed by atoms with Crippen molar-refractivity contribution >= 4 is 80.8 Å². The number of hydrogen-bond donors (Lipinski definition) is 13. The number of nitrogens with two attached hydrogens (primary N) is 3. The van der Waals surface area contributed by atoms with Gasteiger partial charge in [-0.05, 0) is 49.3 Å². The van der Waals surface area contributed by atoms with E-state index in [1.165, 1.54) is 25.7 Å². The molecule has 0 radical (unpaired) electrons. The Morgan fingerprint density at radius 2 is 1.40 bits per heavy atom. The van der Waals surface area contributed by atoms with E-state index in [-0.39, 0.29) is 63.2 Å². The molecule has 26 heteroatoms. The summed E-state index contributed by atoms with van der Waals surface area (Å²) in [6, 6.07) is 7.58. The van der Waals surface area contributed by atoms with Gasteiger partial charge >= 0.3 is 0 Å². The summed E-state index contributed by atoms with van der Waals surface area (Å²) in [5.74, 6) is -6.99. The third kappa shape index (κ3) is 21.1. The van der Waals surface area contributed by atoms with Gasteiger partial charge in [0.25, 0.3) is 0 Å². The zero-order chi connectivity index (χ0) is 54.9. The van der Waals surface area contributed by atoms with Crippen molar-refractivity contribution < 1.29 is 47.4 Å². The van der Waals surface area contributed by atoms with Gasteiger partial charge in [-0.3, -0.25) is 52.4 Å². The molecule has 1 saturated heterocycles. The van der Waals surface area contributed by atoms with Crippen LogP contribution in [0.3, 0.4) is 0 Å². The van der Waals surface area contributed by atoms with Crippen molar-refractivity contribution in [3.63, 3.8) is 0 Å². The number of primary amides is 1. The number of guanidine groups is 1. The molecular formula is C49H69N15O10S. The lowest BCUT2D eigenvalue weighted by atomic mass is 10.0. The second-order valence-corrected chi connectivity index (χ2v) is 19.2. The van der Waals surface area contributed by atoms with Crippen LogP contribution in [0.15, 0.2) is 78.3 Å². The van der Waals surface area contributed by atoms with E-state index in [0.29, 0.717) is 16.8 Å². The maximum Gasteiger partial charge on any atom is 0.243 e. The monoisotopic (exact) mass is 1060 g/mol. The molecule has 4 unspecified atom stereocenters. The molecule has 0 aliphatic carbocycles. The van der Waals surface area contributed by atoms with Crippen LogP contribution in [-0.2, 0) is 73.2 Å². The van der Waals surface area contributed by atoms with Crippen molar-refractivity contribution in [3.8, 4) is 0 Å². The number of aliphatic imine (C=N–C) groups is 1. The van der Waals surface area contributed by atoms with Crippen LogP contribution in [0.4, 0.5) is 0 Å². The summed E-state index contributed by atoms with van der Waals surface area (Å²) in [5, 5.41) is 21.6. The molecule has 9 amide bonds. The lowest BCUT2D eigenvalue weighted by Gasteiger charge is -2.27. The standard InChI is InChI=1S/C45H58N12O10S.C4H11N3/c1-26(58)49-24-39(60)52-37-21-38(59)48-16-9-8-14-32(40(46)61)53-43(64)35(19-28-22-50-31-13-7-6-12-30(28)31)56-41(62)33(15-17-68(2)67)54-42(63)34(18-27-10-4-3-5-11-27)55-44(65)36(57-45(37)66)20-29-23-47-25-51-29;1-2-3-7-4(5)6/h3-7,10-13,22-23,25,32-37,50H,8-9,14-21,24H2,1-2H3,(H2,46,61)(H,47,51)(H,48,59)(H,49,58)(H,52,60)(H,53,64)(H,54,63)(H,55,65)(H,56,62)(H,57,66);2-3H2,1H3,(H4,5,6,7)/t32?,33-,34?,35-,36-,37?,68?;/m0./s1. The van der Waals surface area contributed by atoms with E-state index in [1.54, 1.807) is 36.5 Å². The van der Waals surface area contributed by atoms with Gasteiger partial charge in [-0.2, -0.15) is 0 Å². The number of carbonyl (C=O) groups excluding carboxylic acids is 9. The minimum atomic E-state index is -1.56. The highest BCUT2D eigenvalue weighted by atomic mass is 32.2. The maximum atomic E-state index is 14.5. The molecule has 5 rings (SSSR count). The van der Waals surface area contributed by atoms with Crippen LogP contribution >= 0.6 is 0 Å². The Balaban J connectivity index is 0.00000162. The average Bonchev–Trinajstić information content (AvgIpc) is 4.05. The van der Waals surface area contributed by atoms with Crippen LogP contribution in [0.2, 0.25) is 0 Å². The Labute approximate surface area is 436 Å². The summed E-state index contributed by atoms with van der Waals surface area (Å²) < 4.78 is 12.4. The van der Waals surface area contributed by atoms with Gasteiger partial charge < -0.3 is 69.7 Å². The van der Waals surface area contributed by atoms with E-state index in [2.05, 4.69) is 62.5 Å². The first-order valence-corrected chi connectivity index (χ1v) is 26.1. The number of aromatic nitrogens is 3. The highest BCUT2D eigenvalue weighted by molar-refractivity contribution is 7.84. The van der Waals surface area contributed by atoms with Crippen molar-refractivity contribution in [3.05, 3.63) is 90.1 Å². The fourth-order valence-electron chi connectivity index (χ4n) is 7.67. The Morgan fingerprint density at radius 3 is 2.03 bits per heavy atom. The number of imidazole rings is 1. The molecular weight excluding hydrogens is 991 g/mol. The third-order valence-electron chi connectivity index (χ3n) is 11.5. The number of para-hydroxylation sites is 1. The van der Waals surface area contributed by atoms with Crippen molar-refractivity contribution in [2.45, 2.75) is 108 Å². The molecule has 406 valence electrons. The van der Waals surface area contributed by atoms with Gasteiger partial charge in [0.1, 0.15) is 36.3 Å². The SMILES string of the molecule is CC(=O)NCC(=O)NC1CC(=O)NCCCCC(C(N)=O)NC(=O)[C@H](Cc2c[nH]c3ccccc23)NC(=O)[C@H](CCS(C)=O)NC(=O)C(Cc2ccccc2)NC(=O)[C@H](Cc2cnc[nH]2)NC1=O.CCCN=C(N)N. The van der Waals surface area contributed by atoms with Crippen molar-refractivity contribution in [1.29, 1.82) is 0 Å². The Kier molecular flexibility index (Phi) is 24.4. The molecule has 4 aromatic rings. The highest BCUT2D eigenvalue weighted by Gasteiger charge is 2.35. The van der Waals surface area contributed by atoms with E-state index in [1.807, 2.05) is 31.2 Å². The zero-order valence-electron chi connectivity index (χ0n) is 42.2. The Hall–Kier alpha value is -8.16. The van der Waals surface area contributed by atoms with E-state index in [9.17, 15) is 47.4 Å². The van der Waals surface area contributed by atoms with Crippen LogP contribution in [0, 0.1) is 0 Å². The predicted molar refractivity (Wildman–Crippen MR) is 280 cm³/mol. The first kappa shape index (κ1) is 59.4. The molecule has 0 bridgehead atoms. The van der Waals surface area contributed by atoms with Gasteiger partial charge in [-0.15, -0.1) is 0 Å². The lowest BCUT2D eigenvalue weighted by molar-refractivity contribution is -0.136. The fraction of sp³-hybridized carbons (Fsp3) is 0.449. The largest absolute Gasteiger partial charge is 0.370 e. The first-order chi connectivity index (χ1) is 35.8. The number of nitrogens with zero attached hydrogens (tertiary/aromatic N) is 2.